The lowest BCUT2D eigenvalue weighted by Gasteiger charge is -2.18. The van der Waals surface area contributed by atoms with Crippen LogP contribution >= 0.6 is 15.9 Å². The maximum absolute atomic E-state index is 5.26. The van der Waals surface area contributed by atoms with Crippen LogP contribution < -0.4 is 4.74 Å². The summed E-state index contributed by atoms with van der Waals surface area (Å²) >= 11 is 3.58. The van der Waals surface area contributed by atoms with Crippen molar-refractivity contribution < 1.29 is 4.74 Å². The van der Waals surface area contributed by atoms with Crippen LogP contribution in [-0.2, 0) is 13.1 Å². The largest absolute Gasteiger partial charge is 0.497 e. The highest BCUT2D eigenvalue weighted by atomic mass is 79.9. The van der Waals surface area contributed by atoms with Gasteiger partial charge >= 0.3 is 0 Å². The Kier molecular flexibility index (Phi) is 4.93. The molecule has 0 aliphatic rings. The van der Waals surface area contributed by atoms with Crippen molar-refractivity contribution in [1.29, 1.82) is 0 Å². The minimum Gasteiger partial charge on any atom is -0.497 e. The Bertz CT molecular complexity index is 531. The molecule has 100 valence electrons. The number of benzene rings is 1. The van der Waals surface area contributed by atoms with E-state index in [1.165, 1.54) is 11.1 Å². The molecular formula is C15H17BrN2O. The summed E-state index contributed by atoms with van der Waals surface area (Å²) in [5, 5.41) is 0. The summed E-state index contributed by atoms with van der Waals surface area (Å²) in [6, 6.07) is 10.1. The van der Waals surface area contributed by atoms with E-state index in [2.05, 4.69) is 38.9 Å². The van der Waals surface area contributed by atoms with Crippen LogP contribution in [0.25, 0.3) is 0 Å². The maximum atomic E-state index is 5.26. The highest BCUT2D eigenvalue weighted by molar-refractivity contribution is 9.10. The average molecular weight is 321 g/mol. The Morgan fingerprint density at radius 3 is 2.58 bits per heavy atom. The van der Waals surface area contributed by atoms with Crippen molar-refractivity contribution in [3.05, 3.63) is 58.3 Å². The molecule has 0 radical (unpaired) electrons. The van der Waals surface area contributed by atoms with E-state index in [9.17, 15) is 0 Å². The molecule has 0 bridgehead atoms. The van der Waals surface area contributed by atoms with E-state index in [1.807, 2.05) is 36.7 Å². The monoisotopic (exact) mass is 320 g/mol. The lowest BCUT2D eigenvalue weighted by molar-refractivity contribution is 0.317. The van der Waals surface area contributed by atoms with Crippen LogP contribution in [0.2, 0.25) is 0 Å². The van der Waals surface area contributed by atoms with E-state index in [-0.39, 0.29) is 0 Å². The summed E-state index contributed by atoms with van der Waals surface area (Å²) in [7, 11) is 3.79. The molecule has 0 unspecified atom stereocenters. The quantitative estimate of drug-likeness (QED) is 0.843. The molecule has 0 aliphatic carbocycles. The number of nitrogens with zero attached hydrogens (tertiary/aromatic N) is 2. The molecule has 0 aliphatic heterocycles. The van der Waals surface area contributed by atoms with Crippen LogP contribution in [0.1, 0.15) is 11.1 Å². The van der Waals surface area contributed by atoms with Gasteiger partial charge in [0.25, 0.3) is 0 Å². The van der Waals surface area contributed by atoms with Gasteiger partial charge in [-0.25, -0.2) is 0 Å². The highest BCUT2D eigenvalue weighted by Gasteiger charge is 2.06. The Balaban J connectivity index is 2.04. The third kappa shape index (κ3) is 4.04. The van der Waals surface area contributed by atoms with Gasteiger partial charge in [-0.3, -0.25) is 9.88 Å². The first-order valence-corrected chi connectivity index (χ1v) is 6.88. The number of aromatic nitrogens is 1. The zero-order valence-corrected chi connectivity index (χ0v) is 12.7. The fourth-order valence-electron chi connectivity index (χ4n) is 1.95. The van der Waals surface area contributed by atoms with Crippen molar-refractivity contribution in [1.82, 2.24) is 9.88 Å². The van der Waals surface area contributed by atoms with Gasteiger partial charge in [0.15, 0.2) is 0 Å². The zero-order valence-electron chi connectivity index (χ0n) is 11.1. The predicted octanol–water partition coefficient (Wildman–Crippen LogP) is 3.48. The highest BCUT2D eigenvalue weighted by Crippen LogP contribution is 2.23. The van der Waals surface area contributed by atoms with Gasteiger partial charge in [-0.15, -0.1) is 0 Å². The molecular weight excluding hydrogens is 304 g/mol. The van der Waals surface area contributed by atoms with Gasteiger partial charge in [0, 0.05) is 30.0 Å². The maximum Gasteiger partial charge on any atom is 0.119 e. The molecule has 4 heteroatoms. The van der Waals surface area contributed by atoms with E-state index in [0.717, 1.165) is 23.3 Å². The van der Waals surface area contributed by atoms with Crippen molar-refractivity contribution in [2.24, 2.45) is 0 Å². The molecule has 19 heavy (non-hydrogen) atoms. The van der Waals surface area contributed by atoms with Crippen LogP contribution in [0.15, 0.2) is 47.2 Å². The van der Waals surface area contributed by atoms with Crippen LogP contribution in [0.5, 0.6) is 5.75 Å². The second kappa shape index (κ2) is 6.68. The first-order valence-electron chi connectivity index (χ1n) is 6.09. The van der Waals surface area contributed by atoms with Gasteiger partial charge < -0.3 is 4.74 Å². The summed E-state index contributed by atoms with van der Waals surface area (Å²) < 4.78 is 6.37. The summed E-state index contributed by atoms with van der Waals surface area (Å²) in [5.74, 6) is 0.885. The number of hydrogen-bond acceptors (Lipinski definition) is 3. The van der Waals surface area contributed by atoms with Crippen molar-refractivity contribution >= 4 is 15.9 Å². The number of pyridine rings is 1. The van der Waals surface area contributed by atoms with E-state index < -0.39 is 0 Å². The number of ether oxygens (including phenoxy) is 1. The molecule has 1 aromatic carbocycles. The number of halogens is 1. The molecule has 0 atom stereocenters. The Hall–Kier alpha value is -1.39. The van der Waals surface area contributed by atoms with E-state index in [0.29, 0.717) is 0 Å². The third-order valence-corrected chi connectivity index (χ3v) is 3.67. The molecule has 2 aromatic rings. The average Bonchev–Trinajstić information content (AvgIpc) is 2.42. The minimum absolute atomic E-state index is 0.861. The van der Waals surface area contributed by atoms with Crippen molar-refractivity contribution in [3.8, 4) is 5.75 Å². The van der Waals surface area contributed by atoms with Crippen molar-refractivity contribution in [2.75, 3.05) is 14.2 Å². The number of methoxy groups -OCH3 is 1. The standard InChI is InChI=1S/C15H17BrN2O/c1-18(10-12-5-7-17-8-6-12)11-13-9-14(19-2)3-4-15(13)16/h3-9H,10-11H2,1-2H3. The second-order valence-corrected chi connectivity index (χ2v) is 5.34. The van der Waals surface area contributed by atoms with Crippen molar-refractivity contribution in [3.63, 3.8) is 0 Å². The zero-order chi connectivity index (χ0) is 13.7. The molecule has 0 amide bonds. The van der Waals surface area contributed by atoms with Crippen LogP contribution in [-0.4, -0.2) is 24.0 Å². The third-order valence-electron chi connectivity index (χ3n) is 2.89. The smallest absolute Gasteiger partial charge is 0.119 e. The molecule has 0 saturated heterocycles. The molecule has 1 aromatic heterocycles. The fraction of sp³-hybridized carbons (Fsp3) is 0.267. The van der Waals surface area contributed by atoms with Gasteiger partial charge in [0.1, 0.15) is 5.75 Å². The Morgan fingerprint density at radius 2 is 1.89 bits per heavy atom. The molecule has 1 heterocycles. The van der Waals surface area contributed by atoms with Crippen LogP contribution in [0.4, 0.5) is 0 Å². The molecule has 0 saturated carbocycles. The lowest BCUT2D eigenvalue weighted by Crippen LogP contribution is -2.17. The van der Waals surface area contributed by atoms with Crippen molar-refractivity contribution in [2.45, 2.75) is 13.1 Å². The predicted molar refractivity (Wildman–Crippen MR) is 80.1 cm³/mol. The van der Waals surface area contributed by atoms with Gasteiger partial charge in [-0.2, -0.15) is 0 Å². The summed E-state index contributed by atoms with van der Waals surface area (Å²) in [5.41, 5.74) is 2.48. The normalized spacial score (nSPS) is 10.7. The van der Waals surface area contributed by atoms with Gasteiger partial charge in [-0.1, -0.05) is 15.9 Å². The molecule has 0 fully saturated rings. The summed E-state index contributed by atoms with van der Waals surface area (Å²) in [6.45, 7) is 1.76. The van der Waals surface area contributed by atoms with E-state index in [1.54, 1.807) is 7.11 Å². The lowest BCUT2D eigenvalue weighted by atomic mass is 10.2. The first-order chi connectivity index (χ1) is 9.19. The first kappa shape index (κ1) is 14.0. The van der Waals surface area contributed by atoms with Gasteiger partial charge in [-0.05, 0) is 48.5 Å². The van der Waals surface area contributed by atoms with Gasteiger partial charge in [0.05, 0.1) is 7.11 Å². The Morgan fingerprint density at radius 1 is 1.16 bits per heavy atom. The van der Waals surface area contributed by atoms with Crippen LogP contribution in [0, 0.1) is 0 Å². The van der Waals surface area contributed by atoms with Gasteiger partial charge in [0.2, 0.25) is 0 Å². The fourth-order valence-corrected chi connectivity index (χ4v) is 2.32. The molecule has 0 spiro atoms. The second-order valence-electron chi connectivity index (χ2n) is 4.49. The molecule has 3 nitrogen and oxygen atoms in total. The summed E-state index contributed by atoms with van der Waals surface area (Å²) in [4.78, 5) is 6.29. The summed E-state index contributed by atoms with van der Waals surface area (Å²) in [6.07, 6.45) is 3.65. The SMILES string of the molecule is COc1ccc(Br)c(CN(C)Cc2ccncc2)c1. The topological polar surface area (TPSA) is 25.4 Å². The number of hydrogen-bond donors (Lipinski definition) is 0. The molecule has 0 N–H and O–H groups in total. The van der Waals surface area contributed by atoms with Crippen LogP contribution in [0.3, 0.4) is 0 Å². The molecule has 2 rings (SSSR count). The van der Waals surface area contributed by atoms with E-state index >= 15 is 0 Å². The Labute approximate surface area is 122 Å². The minimum atomic E-state index is 0.861. The van der Waals surface area contributed by atoms with E-state index in [4.69, 9.17) is 4.74 Å². The number of rotatable bonds is 5.